The Bertz CT molecular complexity index is 424. The summed E-state index contributed by atoms with van der Waals surface area (Å²) < 4.78 is 14.3. The Morgan fingerprint density at radius 2 is 2.00 bits per heavy atom. The summed E-state index contributed by atoms with van der Waals surface area (Å²) in [5, 5.41) is 0. The highest BCUT2D eigenvalue weighted by molar-refractivity contribution is 9.10. The highest BCUT2D eigenvalue weighted by Gasteiger charge is 2.26. The van der Waals surface area contributed by atoms with Crippen molar-refractivity contribution >= 4 is 15.9 Å². The van der Waals surface area contributed by atoms with Crippen molar-refractivity contribution in [2.24, 2.45) is 17.7 Å². The second-order valence-electron chi connectivity index (χ2n) is 6.32. The van der Waals surface area contributed by atoms with Crippen LogP contribution < -0.4 is 11.3 Å². The molecule has 2 nitrogen and oxygen atoms in total. The lowest BCUT2D eigenvalue weighted by atomic mass is 9.76. The van der Waals surface area contributed by atoms with E-state index < -0.39 is 0 Å². The van der Waals surface area contributed by atoms with Crippen molar-refractivity contribution in [3.05, 3.63) is 34.1 Å². The minimum absolute atomic E-state index is 0.193. The molecule has 1 atom stereocenters. The van der Waals surface area contributed by atoms with Crippen LogP contribution in [-0.4, -0.2) is 6.04 Å². The Hall–Kier alpha value is -0.450. The Balaban J connectivity index is 1.94. The predicted octanol–water partition coefficient (Wildman–Crippen LogP) is 4.57. The van der Waals surface area contributed by atoms with Crippen LogP contribution >= 0.6 is 15.9 Å². The summed E-state index contributed by atoms with van der Waals surface area (Å²) in [6, 6.07) is 5.32. The lowest BCUT2D eigenvalue weighted by Crippen LogP contribution is -2.43. The molecule has 0 spiro atoms. The van der Waals surface area contributed by atoms with E-state index in [1.54, 1.807) is 6.07 Å². The molecule has 4 heteroatoms. The molecule has 1 aliphatic rings. The first-order chi connectivity index (χ1) is 10.1. The fourth-order valence-electron chi connectivity index (χ4n) is 3.63. The standard InChI is InChI=1S/C17H26BrFN2/c1-2-3-12-4-6-14(7-5-12)17(21-20)10-13-8-15(18)11-16(19)9-13/h8-9,11-12,14,17,21H,2-7,10,20H2,1H3. The Morgan fingerprint density at radius 3 is 2.57 bits per heavy atom. The van der Waals surface area contributed by atoms with Crippen molar-refractivity contribution in [1.82, 2.24) is 5.43 Å². The molecule has 21 heavy (non-hydrogen) atoms. The van der Waals surface area contributed by atoms with E-state index in [-0.39, 0.29) is 11.9 Å². The van der Waals surface area contributed by atoms with E-state index in [0.717, 1.165) is 22.4 Å². The van der Waals surface area contributed by atoms with E-state index in [1.165, 1.54) is 44.6 Å². The smallest absolute Gasteiger partial charge is 0.124 e. The van der Waals surface area contributed by atoms with Gasteiger partial charge in [-0.3, -0.25) is 11.3 Å². The third-order valence-corrected chi connectivity index (χ3v) is 5.21. The molecule has 0 saturated heterocycles. The Labute approximate surface area is 135 Å². The van der Waals surface area contributed by atoms with Gasteiger partial charge in [0.15, 0.2) is 0 Å². The molecule has 0 amide bonds. The van der Waals surface area contributed by atoms with Gasteiger partial charge >= 0.3 is 0 Å². The van der Waals surface area contributed by atoms with Crippen molar-refractivity contribution in [3.63, 3.8) is 0 Å². The van der Waals surface area contributed by atoms with E-state index in [1.807, 2.05) is 6.07 Å². The van der Waals surface area contributed by atoms with Gasteiger partial charge in [-0.15, -0.1) is 0 Å². The first kappa shape index (κ1) is 16.9. The van der Waals surface area contributed by atoms with Crippen LogP contribution in [0.4, 0.5) is 4.39 Å². The average Bonchev–Trinajstić information content (AvgIpc) is 2.45. The Morgan fingerprint density at radius 1 is 1.29 bits per heavy atom. The average molecular weight is 357 g/mol. The van der Waals surface area contributed by atoms with E-state index in [9.17, 15) is 4.39 Å². The fraction of sp³-hybridized carbons (Fsp3) is 0.647. The van der Waals surface area contributed by atoms with Gasteiger partial charge in [0.1, 0.15) is 5.82 Å². The third-order valence-electron chi connectivity index (χ3n) is 4.75. The zero-order chi connectivity index (χ0) is 15.2. The first-order valence-electron chi connectivity index (χ1n) is 8.03. The van der Waals surface area contributed by atoms with Crippen LogP contribution in [0.2, 0.25) is 0 Å². The maximum atomic E-state index is 13.5. The van der Waals surface area contributed by atoms with Gasteiger partial charge in [-0.2, -0.15) is 0 Å². The number of nitrogens with two attached hydrogens (primary N) is 1. The van der Waals surface area contributed by atoms with Gasteiger partial charge in [-0.1, -0.05) is 48.5 Å². The van der Waals surface area contributed by atoms with Crippen LogP contribution in [0.25, 0.3) is 0 Å². The minimum atomic E-state index is -0.193. The van der Waals surface area contributed by atoms with Crippen molar-refractivity contribution in [2.45, 2.75) is 57.9 Å². The van der Waals surface area contributed by atoms with Gasteiger partial charge in [0.25, 0.3) is 0 Å². The van der Waals surface area contributed by atoms with Crippen LogP contribution in [0.3, 0.4) is 0 Å². The lowest BCUT2D eigenvalue weighted by Gasteiger charge is -2.33. The number of hydrogen-bond acceptors (Lipinski definition) is 2. The summed E-state index contributed by atoms with van der Waals surface area (Å²) in [7, 11) is 0. The van der Waals surface area contributed by atoms with Crippen molar-refractivity contribution in [3.8, 4) is 0 Å². The summed E-state index contributed by atoms with van der Waals surface area (Å²) in [4.78, 5) is 0. The quantitative estimate of drug-likeness (QED) is 0.578. The summed E-state index contributed by atoms with van der Waals surface area (Å²) in [5.41, 5.74) is 3.97. The summed E-state index contributed by atoms with van der Waals surface area (Å²) in [6.07, 6.45) is 8.50. The highest BCUT2D eigenvalue weighted by Crippen LogP contribution is 2.34. The lowest BCUT2D eigenvalue weighted by molar-refractivity contribution is 0.213. The van der Waals surface area contributed by atoms with Crippen LogP contribution in [0, 0.1) is 17.7 Å². The van der Waals surface area contributed by atoms with Gasteiger partial charge in [-0.25, -0.2) is 4.39 Å². The molecule has 0 aliphatic heterocycles. The normalized spacial score (nSPS) is 24.0. The number of hydrazine groups is 1. The van der Waals surface area contributed by atoms with Crippen LogP contribution in [0.1, 0.15) is 51.0 Å². The van der Waals surface area contributed by atoms with E-state index in [4.69, 9.17) is 5.84 Å². The number of rotatable bonds is 6. The number of halogens is 2. The second kappa shape index (κ2) is 8.25. The molecule has 0 heterocycles. The highest BCUT2D eigenvalue weighted by atomic mass is 79.9. The van der Waals surface area contributed by atoms with Crippen molar-refractivity contribution in [2.75, 3.05) is 0 Å². The molecule has 3 N–H and O–H groups in total. The largest absolute Gasteiger partial charge is 0.271 e. The molecular formula is C17H26BrFN2. The van der Waals surface area contributed by atoms with E-state index >= 15 is 0 Å². The molecular weight excluding hydrogens is 331 g/mol. The molecule has 2 rings (SSSR count). The van der Waals surface area contributed by atoms with Gasteiger partial charge in [0, 0.05) is 10.5 Å². The molecule has 1 aromatic carbocycles. The molecule has 0 bridgehead atoms. The summed E-state index contributed by atoms with van der Waals surface area (Å²) in [6.45, 7) is 2.26. The number of hydrogen-bond donors (Lipinski definition) is 2. The van der Waals surface area contributed by atoms with Gasteiger partial charge in [0.05, 0.1) is 0 Å². The maximum absolute atomic E-state index is 13.5. The van der Waals surface area contributed by atoms with E-state index in [2.05, 4.69) is 28.3 Å². The summed E-state index contributed by atoms with van der Waals surface area (Å²) in [5.74, 6) is 7.07. The Kier molecular flexibility index (Phi) is 6.65. The molecule has 1 aromatic rings. The zero-order valence-electron chi connectivity index (χ0n) is 12.7. The number of nitrogens with one attached hydrogen (secondary N) is 1. The maximum Gasteiger partial charge on any atom is 0.124 e. The van der Waals surface area contributed by atoms with Crippen LogP contribution in [-0.2, 0) is 6.42 Å². The molecule has 1 saturated carbocycles. The van der Waals surface area contributed by atoms with Crippen molar-refractivity contribution in [1.29, 1.82) is 0 Å². The molecule has 1 fully saturated rings. The summed E-state index contributed by atoms with van der Waals surface area (Å²) >= 11 is 3.35. The zero-order valence-corrected chi connectivity index (χ0v) is 14.3. The monoisotopic (exact) mass is 356 g/mol. The first-order valence-corrected chi connectivity index (χ1v) is 8.82. The third kappa shape index (κ3) is 5.04. The van der Waals surface area contributed by atoms with Crippen molar-refractivity contribution < 1.29 is 4.39 Å². The molecule has 1 unspecified atom stereocenters. The topological polar surface area (TPSA) is 38.0 Å². The van der Waals surface area contributed by atoms with Crippen LogP contribution in [0.5, 0.6) is 0 Å². The fourth-order valence-corrected chi connectivity index (χ4v) is 4.14. The SMILES string of the molecule is CCCC1CCC(C(Cc2cc(F)cc(Br)c2)NN)CC1. The van der Waals surface area contributed by atoms with Gasteiger partial charge in [-0.05, 0) is 54.9 Å². The molecule has 0 aromatic heterocycles. The van der Waals surface area contributed by atoms with Crippen LogP contribution in [0.15, 0.2) is 22.7 Å². The van der Waals surface area contributed by atoms with Gasteiger partial charge in [0.2, 0.25) is 0 Å². The molecule has 0 radical (unpaired) electrons. The number of benzene rings is 1. The second-order valence-corrected chi connectivity index (χ2v) is 7.24. The minimum Gasteiger partial charge on any atom is -0.271 e. The van der Waals surface area contributed by atoms with Gasteiger partial charge < -0.3 is 0 Å². The molecule has 1 aliphatic carbocycles. The predicted molar refractivity (Wildman–Crippen MR) is 89.3 cm³/mol. The van der Waals surface area contributed by atoms with E-state index in [0.29, 0.717) is 5.92 Å². The molecule has 118 valence electrons.